The molecule has 4 aromatic rings. The summed E-state index contributed by atoms with van der Waals surface area (Å²) in [6, 6.07) is 30.5. The average Bonchev–Trinajstić information content (AvgIpc) is 3.13. The lowest BCUT2D eigenvalue weighted by atomic mass is 9.94. The summed E-state index contributed by atoms with van der Waals surface area (Å²) in [5.74, 6) is 1.63. The fourth-order valence-corrected chi connectivity index (χ4v) is 10.5. The van der Waals surface area contributed by atoms with Gasteiger partial charge in [0.05, 0.1) is 18.7 Å². The van der Waals surface area contributed by atoms with Gasteiger partial charge in [-0.2, -0.15) is 0 Å². The molecule has 4 rings (SSSR count). The Morgan fingerprint density at radius 2 is 1.46 bits per heavy atom. The molecule has 0 aliphatic rings. The van der Waals surface area contributed by atoms with Crippen molar-refractivity contribution in [3.63, 3.8) is 0 Å². The van der Waals surface area contributed by atoms with Crippen molar-refractivity contribution in [1.29, 1.82) is 0 Å². The van der Waals surface area contributed by atoms with Gasteiger partial charge in [0, 0.05) is 24.7 Å². The third-order valence-corrected chi connectivity index (χ3v) is 13.9. The van der Waals surface area contributed by atoms with Gasteiger partial charge in [0.1, 0.15) is 23.7 Å². The highest BCUT2D eigenvalue weighted by Gasteiger charge is 2.51. The third kappa shape index (κ3) is 8.67. The van der Waals surface area contributed by atoms with Crippen molar-refractivity contribution in [2.24, 2.45) is 5.11 Å². The molecule has 50 heavy (non-hydrogen) atoms. The number of benzene rings is 4. The molecule has 0 aromatic heterocycles. The van der Waals surface area contributed by atoms with Crippen LogP contribution < -0.4 is 29.3 Å². The second-order valence-corrected chi connectivity index (χ2v) is 17.4. The molecule has 0 saturated carbocycles. The number of hydrogen-bond donors (Lipinski definition) is 0. The summed E-state index contributed by atoms with van der Waals surface area (Å²) in [5.41, 5.74) is 9.89. The molecule has 0 spiro atoms. The summed E-state index contributed by atoms with van der Waals surface area (Å²) in [5, 5.41) is 6.18. The maximum Gasteiger partial charge on any atom is 0.261 e. The second kappa shape index (κ2) is 17.2. The van der Waals surface area contributed by atoms with Crippen LogP contribution in [0.2, 0.25) is 5.04 Å². The summed E-state index contributed by atoms with van der Waals surface area (Å²) >= 11 is 0. The van der Waals surface area contributed by atoms with E-state index in [1.54, 1.807) is 19.2 Å². The number of azide groups is 1. The first-order valence-electron chi connectivity index (χ1n) is 16.5. The van der Waals surface area contributed by atoms with E-state index < -0.39 is 20.0 Å². The number of rotatable bonds is 18. The highest BCUT2D eigenvalue weighted by atomic mass is 28.4. The number of nitrogens with zero attached hydrogens (tertiary/aromatic N) is 3. The maximum atomic E-state index is 12.2. The standard InChI is InChI=1S/C39H47N3O7Si/c1-8-39(5,37(41-42-40)27-48-50(38(2,3)4,32-15-11-9-12-16-32)33-17-13-10-14-18-33)49-36-23-30(25-43)34(47-28-44-6)24-35(36)46-26-29-19-21-31(45-7)22-20-29/h9-25,37H,8,26-28H2,1-7H3/t37-,39-/m1/s1. The SMILES string of the molecule is CC[C@@](C)(Oc1cc(C=O)c(OCOC)cc1OCc1ccc(OC)cc1)[C@@H](CO[Si](c1ccccc1)(c1ccccc1)C(C)(C)C)N=[N+]=[N-]. The first-order valence-corrected chi connectivity index (χ1v) is 18.4. The number of methoxy groups -OCH3 is 2. The first kappa shape index (κ1) is 38.0. The number of aldehydes is 1. The van der Waals surface area contributed by atoms with Crippen molar-refractivity contribution in [1.82, 2.24) is 0 Å². The molecule has 11 heteroatoms. The molecule has 0 N–H and O–H groups in total. The van der Waals surface area contributed by atoms with Crippen LogP contribution in [0.1, 0.15) is 57.0 Å². The van der Waals surface area contributed by atoms with Gasteiger partial charge >= 0.3 is 0 Å². The van der Waals surface area contributed by atoms with Crippen molar-refractivity contribution in [3.8, 4) is 23.0 Å². The van der Waals surface area contributed by atoms with Crippen LogP contribution in [0.4, 0.5) is 0 Å². The van der Waals surface area contributed by atoms with Crippen LogP contribution in [0.15, 0.2) is 102 Å². The zero-order valence-electron chi connectivity index (χ0n) is 29.9. The quantitative estimate of drug-likeness (QED) is 0.0259. The predicted molar refractivity (Wildman–Crippen MR) is 197 cm³/mol. The van der Waals surface area contributed by atoms with Crippen LogP contribution in [-0.2, 0) is 15.8 Å². The molecule has 0 aliphatic carbocycles. The fourth-order valence-electron chi connectivity index (χ4n) is 5.96. The van der Waals surface area contributed by atoms with E-state index in [1.807, 2.05) is 74.5 Å². The Morgan fingerprint density at radius 3 is 1.96 bits per heavy atom. The Labute approximate surface area is 296 Å². The monoisotopic (exact) mass is 697 g/mol. The lowest BCUT2D eigenvalue weighted by Gasteiger charge is -2.45. The second-order valence-electron chi connectivity index (χ2n) is 13.1. The normalized spacial score (nSPS) is 13.3. The van der Waals surface area contributed by atoms with Gasteiger partial charge in [-0.3, -0.25) is 4.79 Å². The molecule has 0 saturated heterocycles. The number of carbonyl (C=O) groups is 1. The van der Waals surface area contributed by atoms with E-state index in [-0.39, 0.29) is 36.4 Å². The van der Waals surface area contributed by atoms with Gasteiger partial charge < -0.3 is 28.1 Å². The van der Waals surface area contributed by atoms with Crippen LogP contribution in [0.3, 0.4) is 0 Å². The van der Waals surface area contributed by atoms with E-state index in [9.17, 15) is 10.3 Å². The van der Waals surface area contributed by atoms with Crippen molar-refractivity contribution in [2.45, 2.75) is 64.3 Å². The molecule has 0 radical (unpaired) electrons. The molecular weight excluding hydrogens is 651 g/mol. The Kier molecular flexibility index (Phi) is 13.1. The number of hydrogen-bond acceptors (Lipinski definition) is 8. The minimum Gasteiger partial charge on any atom is -0.497 e. The Bertz CT molecular complexity index is 1690. The average molecular weight is 698 g/mol. The topological polar surface area (TPSA) is 121 Å². The zero-order chi connectivity index (χ0) is 36.2. The lowest BCUT2D eigenvalue weighted by Crippen LogP contribution is -2.67. The van der Waals surface area contributed by atoms with Crippen LogP contribution in [0.5, 0.6) is 23.0 Å². The van der Waals surface area contributed by atoms with E-state index in [2.05, 4.69) is 55.1 Å². The molecule has 4 aromatic carbocycles. The third-order valence-electron chi connectivity index (χ3n) is 8.90. The van der Waals surface area contributed by atoms with Gasteiger partial charge in [-0.1, -0.05) is 106 Å². The minimum absolute atomic E-state index is 0.0653. The van der Waals surface area contributed by atoms with Crippen molar-refractivity contribution in [3.05, 3.63) is 119 Å². The summed E-state index contributed by atoms with van der Waals surface area (Å²) in [7, 11) is 0.132. The molecule has 0 bridgehead atoms. The van der Waals surface area contributed by atoms with Crippen LogP contribution in [0.25, 0.3) is 10.4 Å². The van der Waals surface area contributed by atoms with Crippen molar-refractivity contribution < 1.29 is 32.9 Å². The number of carbonyl (C=O) groups excluding carboxylic acids is 1. The van der Waals surface area contributed by atoms with Gasteiger partial charge in [0.2, 0.25) is 0 Å². The Balaban J connectivity index is 1.75. The van der Waals surface area contributed by atoms with Crippen LogP contribution in [0, 0.1) is 0 Å². The summed E-state index contributed by atoms with van der Waals surface area (Å²) in [6.07, 6.45) is 1.13. The molecule has 0 fully saturated rings. The molecule has 0 unspecified atom stereocenters. The van der Waals surface area contributed by atoms with Crippen LogP contribution >= 0.6 is 0 Å². The molecule has 2 atom stereocenters. The van der Waals surface area contributed by atoms with E-state index in [0.29, 0.717) is 24.2 Å². The number of ether oxygens (including phenoxy) is 5. The maximum absolute atomic E-state index is 12.2. The lowest BCUT2D eigenvalue weighted by molar-refractivity contribution is 0.0325. The van der Waals surface area contributed by atoms with E-state index in [1.165, 1.54) is 7.11 Å². The van der Waals surface area contributed by atoms with E-state index in [4.69, 9.17) is 28.1 Å². The summed E-state index contributed by atoms with van der Waals surface area (Å²) < 4.78 is 36.3. The highest BCUT2D eigenvalue weighted by molar-refractivity contribution is 6.99. The van der Waals surface area contributed by atoms with E-state index in [0.717, 1.165) is 21.7 Å². The molecule has 10 nitrogen and oxygen atoms in total. The molecular formula is C39H47N3O7Si. The van der Waals surface area contributed by atoms with Gasteiger partial charge in [-0.15, -0.1) is 0 Å². The van der Waals surface area contributed by atoms with Gasteiger partial charge in [0.15, 0.2) is 24.6 Å². The first-order chi connectivity index (χ1) is 24.0. The predicted octanol–water partition coefficient (Wildman–Crippen LogP) is 7.87. The summed E-state index contributed by atoms with van der Waals surface area (Å²) in [6.45, 7) is 10.6. The minimum atomic E-state index is -2.97. The molecule has 0 amide bonds. The Morgan fingerprint density at radius 1 is 0.840 bits per heavy atom. The largest absolute Gasteiger partial charge is 0.497 e. The van der Waals surface area contributed by atoms with Gasteiger partial charge in [0.25, 0.3) is 8.32 Å². The smallest absolute Gasteiger partial charge is 0.261 e. The fraction of sp³-hybridized carbons (Fsp3) is 0.359. The Hall–Kier alpha value is -4.80. The molecule has 0 aliphatic heterocycles. The van der Waals surface area contributed by atoms with Crippen LogP contribution in [-0.4, -0.2) is 53.9 Å². The zero-order valence-corrected chi connectivity index (χ0v) is 30.9. The van der Waals surface area contributed by atoms with Crippen molar-refractivity contribution in [2.75, 3.05) is 27.6 Å². The van der Waals surface area contributed by atoms with Gasteiger partial charge in [-0.05, 0) is 58.0 Å². The van der Waals surface area contributed by atoms with E-state index >= 15 is 0 Å². The highest BCUT2D eigenvalue weighted by Crippen LogP contribution is 2.41. The summed E-state index contributed by atoms with van der Waals surface area (Å²) in [4.78, 5) is 15.5. The molecule has 0 heterocycles. The van der Waals surface area contributed by atoms with Crippen molar-refractivity contribution >= 4 is 25.0 Å². The van der Waals surface area contributed by atoms with Gasteiger partial charge in [-0.25, -0.2) is 0 Å². The molecule has 264 valence electrons.